The van der Waals surface area contributed by atoms with Gasteiger partial charge in [0.1, 0.15) is 6.54 Å². The topological polar surface area (TPSA) is 56.6 Å². The monoisotopic (exact) mass is 247 g/mol. The second kappa shape index (κ2) is 4.96. The number of H-pyrrole nitrogens is 1. The number of rotatable bonds is 3. The highest BCUT2D eigenvalue weighted by Gasteiger charge is 2.21. The first-order valence-corrected chi connectivity index (χ1v) is 6.51. The molecule has 0 saturated carbocycles. The molecular formula is C13H19N4O+. The third kappa shape index (κ3) is 2.19. The summed E-state index contributed by atoms with van der Waals surface area (Å²) in [6, 6.07) is 8.12. The maximum absolute atomic E-state index is 8.94. The summed E-state index contributed by atoms with van der Waals surface area (Å²) in [7, 11) is 0. The van der Waals surface area contributed by atoms with Gasteiger partial charge in [-0.05, 0) is 12.1 Å². The van der Waals surface area contributed by atoms with Gasteiger partial charge in [-0.2, -0.15) is 0 Å². The molecule has 18 heavy (non-hydrogen) atoms. The Morgan fingerprint density at radius 1 is 1.28 bits per heavy atom. The van der Waals surface area contributed by atoms with Gasteiger partial charge < -0.3 is 19.9 Å². The molecule has 5 heteroatoms. The van der Waals surface area contributed by atoms with Crippen molar-refractivity contribution in [3.8, 4) is 0 Å². The minimum atomic E-state index is 0.278. The molecule has 0 spiro atoms. The zero-order chi connectivity index (χ0) is 12.4. The molecule has 0 amide bonds. The SMILES string of the molecule is OCC[NH+]1CCN(c2nc3ccccc3[nH]2)CC1. The lowest BCUT2D eigenvalue weighted by molar-refractivity contribution is -0.900. The quantitative estimate of drug-likeness (QED) is 0.669. The molecule has 1 aromatic carbocycles. The highest BCUT2D eigenvalue weighted by atomic mass is 16.3. The Balaban J connectivity index is 1.72. The number of aliphatic hydroxyl groups excluding tert-OH is 1. The van der Waals surface area contributed by atoms with E-state index in [2.05, 4.69) is 20.9 Å². The Kier molecular flexibility index (Phi) is 3.17. The number of hydrogen-bond acceptors (Lipinski definition) is 3. The Hall–Kier alpha value is -1.59. The molecule has 96 valence electrons. The predicted octanol–water partition coefficient (Wildman–Crippen LogP) is -0.740. The molecule has 1 fully saturated rings. The molecule has 2 heterocycles. The van der Waals surface area contributed by atoms with E-state index in [-0.39, 0.29) is 6.61 Å². The van der Waals surface area contributed by atoms with Crippen LogP contribution in [-0.2, 0) is 0 Å². The third-order valence-electron chi connectivity index (χ3n) is 3.61. The fourth-order valence-corrected chi connectivity index (χ4v) is 2.53. The van der Waals surface area contributed by atoms with Gasteiger partial charge in [0.15, 0.2) is 0 Å². The van der Waals surface area contributed by atoms with E-state index in [0.29, 0.717) is 0 Å². The zero-order valence-corrected chi connectivity index (χ0v) is 10.4. The Bertz CT molecular complexity index is 483. The number of hydrogen-bond donors (Lipinski definition) is 3. The normalized spacial score (nSPS) is 17.5. The van der Waals surface area contributed by atoms with Crippen molar-refractivity contribution in [2.45, 2.75) is 0 Å². The van der Waals surface area contributed by atoms with Crippen molar-refractivity contribution >= 4 is 17.0 Å². The van der Waals surface area contributed by atoms with Crippen LogP contribution in [0, 0.1) is 0 Å². The van der Waals surface area contributed by atoms with Crippen molar-refractivity contribution in [3.63, 3.8) is 0 Å². The summed E-state index contributed by atoms with van der Waals surface area (Å²) in [6.07, 6.45) is 0. The summed E-state index contributed by atoms with van der Waals surface area (Å²) < 4.78 is 0. The van der Waals surface area contributed by atoms with E-state index in [1.54, 1.807) is 0 Å². The van der Waals surface area contributed by atoms with Crippen LogP contribution < -0.4 is 9.80 Å². The van der Waals surface area contributed by atoms with Gasteiger partial charge in [-0.15, -0.1) is 0 Å². The van der Waals surface area contributed by atoms with E-state index in [0.717, 1.165) is 49.7 Å². The molecule has 0 radical (unpaired) electrons. The molecule has 1 aromatic heterocycles. The molecule has 1 saturated heterocycles. The highest BCUT2D eigenvalue weighted by Crippen LogP contribution is 2.16. The Morgan fingerprint density at radius 3 is 2.78 bits per heavy atom. The fourth-order valence-electron chi connectivity index (χ4n) is 2.53. The van der Waals surface area contributed by atoms with Gasteiger partial charge in [0.2, 0.25) is 5.95 Å². The number of fused-ring (bicyclic) bond motifs is 1. The number of piperazine rings is 1. The van der Waals surface area contributed by atoms with Gasteiger partial charge >= 0.3 is 0 Å². The average Bonchev–Trinajstić information content (AvgIpc) is 2.84. The van der Waals surface area contributed by atoms with Gasteiger partial charge in [-0.3, -0.25) is 0 Å². The number of nitrogens with zero attached hydrogens (tertiary/aromatic N) is 2. The molecule has 3 N–H and O–H groups in total. The molecule has 0 atom stereocenters. The number of quaternary nitrogens is 1. The van der Waals surface area contributed by atoms with Crippen LogP contribution in [0.4, 0.5) is 5.95 Å². The minimum Gasteiger partial charge on any atom is -0.391 e. The maximum Gasteiger partial charge on any atom is 0.204 e. The largest absolute Gasteiger partial charge is 0.391 e. The Labute approximate surface area is 106 Å². The second-order valence-corrected chi connectivity index (χ2v) is 4.79. The van der Waals surface area contributed by atoms with E-state index in [1.165, 1.54) is 4.90 Å². The van der Waals surface area contributed by atoms with Crippen molar-refractivity contribution in [1.82, 2.24) is 9.97 Å². The average molecular weight is 247 g/mol. The molecule has 0 unspecified atom stereocenters. The zero-order valence-electron chi connectivity index (χ0n) is 10.4. The summed E-state index contributed by atoms with van der Waals surface area (Å²) in [6.45, 7) is 5.26. The number of aromatic nitrogens is 2. The molecule has 3 rings (SSSR count). The van der Waals surface area contributed by atoms with Crippen LogP contribution in [0.5, 0.6) is 0 Å². The van der Waals surface area contributed by atoms with Crippen molar-refractivity contribution < 1.29 is 10.0 Å². The van der Waals surface area contributed by atoms with Gasteiger partial charge in [0.25, 0.3) is 0 Å². The maximum atomic E-state index is 8.94. The summed E-state index contributed by atoms with van der Waals surface area (Å²) >= 11 is 0. The van der Waals surface area contributed by atoms with Gasteiger partial charge in [-0.25, -0.2) is 4.98 Å². The molecule has 0 aliphatic carbocycles. The van der Waals surface area contributed by atoms with E-state index in [1.807, 2.05) is 18.2 Å². The number of benzene rings is 1. The van der Waals surface area contributed by atoms with Crippen molar-refractivity contribution in [3.05, 3.63) is 24.3 Å². The summed E-state index contributed by atoms with van der Waals surface area (Å²) in [5.41, 5.74) is 2.12. The van der Waals surface area contributed by atoms with Crippen molar-refractivity contribution in [1.29, 1.82) is 0 Å². The molecule has 2 aromatic rings. The number of para-hydroxylation sites is 2. The van der Waals surface area contributed by atoms with Gasteiger partial charge in [0.05, 0.1) is 43.8 Å². The Morgan fingerprint density at radius 2 is 2.06 bits per heavy atom. The summed E-state index contributed by atoms with van der Waals surface area (Å²) in [5.74, 6) is 0.972. The van der Waals surface area contributed by atoms with E-state index in [9.17, 15) is 0 Å². The molecule has 1 aliphatic heterocycles. The van der Waals surface area contributed by atoms with E-state index in [4.69, 9.17) is 5.11 Å². The third-order valence-corrected chi connectivity index (χ3v) is 3.61. The van der Waals surface area contributed by atoms with Gasteiger partial charge in [-0.1, -0.05) is 12.1 Å². The van der Waals surface area contributed by atoms with Crippen molar-refractivity contribution in [2.24, 2.45) is 0 Å². The number of aromatic amines is 1. The fraction of sp³-hybridized carbons (Fsp3) is 0.462. The number of aliphatic hydroxyl groups is 1. The number of nitrogens with one attached hydrogen (secondary N) is 2. The number of anilines is 1. The minimum absolute atomic E-state index is 0.278. The van der Waals surface area contributed by atoms with Crippen molar-refractivity contribution in [2.75, 3.05) is 44.2 Å². The smallest absolute Gasteiger partial charge is 0.204 e. The van der Waals surface area contributed by atoms with Crippen LogP contribution in [-0.4, -0.2) is 54.4 Å². The number of imidazole rings is 1. The highest BCUT2D eigenvalue weighted by molar-refractivity contribution is 5.77. The summed E-state index contributed by atoms with van der Waals surface area (Å²) in [5, 5.41) is 8.94. The first-order chi connectivity index (χ1) is 8.86. The first kappa shape index (κ1) is 11.5. The van der Waals surface area contributed by atoms with Crippen LogP contribution in [0.25, 0.3) is 11.0 Å². The predicted molar refractivity (Wildman–Crippen MR) is 71.0 cm³/mol. The lowest BCUT2D eigenvalue weighted by Gasteiger charge is -2.31. The van der Waals surface area contributed by atoms with Crippen LogP contribution in [0.15, 0.2) is 24.3 Å². The van der Waals surface area contributed by atoms with Crippen LogP contribution in [0.2, 0.25) is 0 Å². The van der Waals surface area contributed by atoms with Crippen LogP contribution in [0.1, 0.15) is 0 Å². The lowest BCUT2D eigenvalue weighted by atomic mass is 10.3. The molecule has 1 aliphatic rings. The molecule has 5 nitrogen and oxygen atoms in total. The van der Waals surface area contributed by atoms with Gasteiger partial charge in [0, 0.05) is 0 Å². The van der Waals surface area contributed by atoms with E-state index >= 15 is 0 Å². The standard InChI is InChI=1S/C13H18N4O/c18-10-9-16-5-7-17(8-6-16)13-14-11-3-1-2-4-12(11)15-13/h1-4,18H,5-10H2,(H,14,15)/p+1. The van der Waals surface area contributed by atoms with Crippen LogP contribution in [0.3, 0.4) is 0 Å². The van der Waals surface area contributed by atoms with Crippen LogP contribution >= 0.6 is 0 Å². The molecular weight excluding hydrogens is 228 g/mol. The summed E-state index contributed by atoms with van der Waals surface area (Å²) in [4.78, 5) is 11.8. The molecule has 0 bridgehead atoms. The van der Waals surface area contributed by atoms with E-state index < -0.39 is 0 Å². The lowest BCUT2D eigenvalue weighted by Crippen LogP contribution is -3.15. The second-order valence-electron chi connectivity index (χ2n) is 4.79. The first-order valence-electron chi connectivity index (χ1n) is 6.51.